The maximum Gasteiger partial charge on any atom is 0.191 e. The largest absolute Gasteiger partial charge is 0.361 e. The van der Waals surface area contributed by atoms with Crippen molar-refractivity contribution in [3.63, 3.8) is 0 Å². The molecule has 2 aromatic heterocycles. The number of nitrogens with zero attached hydrogens (tertiary/aromatic N) is 1. The van der Waals surface area contributed by atoms with Crippen molar-refractivity contribution >= 4 is 52.2 Å². The number of thiophene rings is 1. The van der Waals surface area contributed by atoms with Gasteiger partial charge in [-0.25, -0.2) is 4.39 Å². The van der Waals surface area contributed by atoms with Crippen molar-refractivity contribution in [1.82, 2.24) is 15.6 Å². The highest BCUT2D eigenvalue weighted by atomic mass is 127. The number of hydrogen-bond acceptors (Lipinski definition) is 2. The van der Waals surface area contributed by atoms with Crippen LogP contribution in [-0.4, -0.2) is 30.6 Å². The van der Waals surface area contributed by atoms with E-state index in [9.17, 15) is 4.39 Å². The maximum absolute atomic E-state index is 13.3. The average molecular weight is 486 g/mol. The number of fused-ring (bicyclic) bond motifs is 1. The zero-order valence-electron chi connectivity index (χ0n) is 14.7. The number of benzene rings is 1. The summed E-state index contributed by atoms with van der Waals surface area (Å²) in [5, 5.41) is 9.81. The second-order valence-electron chi connectivity index (χ2n) is 5.77. The van der Waals surface area contributed by atoms with Crippen LogP contribution in [0.25, 0.3) is 10.9 Å². The predicted molar refractivity (Wildman–Crippen MR) is 119 cm³/mol. The molecule has 0 aliphatic heterocycles. The number of guanidine groups is 1. The Morgan fingerprint density at radius 1 is 1.23 bits per heavy atom. The van der Waals surface area contributed by atoms with E-state index in [0.29, 0.717) is 0 Å². The summed E-state index contributed by atoms with van der Waals surface area (Å²) in [7, 11) is 0. The molecule has 0 fully saturated rings. The van der Waals surface area contributed by atoms with Gasteiger partial charge in [-0.15, -0.1) is 35.3 Å². The molecule has 0 amide bonds. The predicted octanol–water partition coefficient (Wildman–Crippen LogP) is 4.33. The van der Waals surface area contributed by atoms with Gasteiger partial charge in [-0.2, -0.15) is 0 Å². The number of hydrogen-bond donors (Lipinski definition) is 3. The summed E-state index contributed by atoms with van der Waals surface area (Å²) in [4.78, 5) is 9.11. The van der Waals surface area contributed by atoms with E-state index in [1.54, 1.807) is 11.3 Å². The molecule has 7 heteroatoms. The quantitative estimate of drug-likeness (QED) is 0.265. The Morgan fingerprint density at radius 3 is 2.88 bits per heavy atom. The fraction of sp³-hybridized carbons (Fsp3) is 0.316. The molecule has 0 spiro atoms. The number of aromatic amines is 1. The first-order chi connectivity index (χ1) is 12.3. The summed E-state index contributed by atoms with van der Waals surface area (Å²) >= 11 is 1.77. The molecule has 1 aromatic carbocycles. The third kappa shape index (κ3) is 5.70. The summed E-state index contributed by atoms with van der Waals surface area (Å²) in [5.41, 5.74) is 2.02. The Bertz CT molecular complexity index is 829. The third-order valence-electron chi connectivity index (χ3n) is 3.97. The van der Waals surface area contributed by atoms with Crippen LogP contribution in [0.1, 0.15) is 17.4 Å². The molecule has 0 unspecified atom stereocenters. The fourth-order valence-corrected chi connectivity index (χ4v) is 3.45. The molecule has 0 bridgehead atoms. The summed E-state index contributed by atoms with van der Waals surface area (Å²) in [6.07, 6.45) is 3.76. The SMILES string of the molecule is CCNC(=NCCc1cccs1)NCCc1c[nH]c2cc(F)ccc12.I. The first-order valence-corrected chi connectivity index (χ1v) is 9.44. The normalized spacial score (nSPS) is 11.4. The van der Waals surface area contributed by atoms with Crippen molar-refractivity contribution in [2.75, 3.05) is 19.6 Å². The molecule has 0 radical (unpaired) electrons. The number of H-pyrrole nitrogens is 1. The van der Waals surface area contributed by atoms with Crippen LogP contribution in [0.5, 0.6) is 0 Å². The molecule has 3 aromatic rings. The first kappa shape index (κ1) is 20.7. The van der Waals surface area contributed by atoms with Crippen molar-refractivity contribution in [2.45, 2.75) is 19.8 Å². The zero-order chi connectivity index (χ0) is 17.5. The Labute approximate surface area is 174 Å². The fourth-order valence-electron chi connectivity index (χ4n) is 2.76. The summed E-state index contributed by atoms with van der Waals surface area (Å²) in [6.45, 7) is 4.43. The second kappa shape index (κ2) is 10.5. The van der Waals surface area contributed by atoms with Crippen LogP contribution in [-0.2, 0) is 12.8 Å². The van der Waals surface area contributed by atoms with Crippen LogP contribution in [0.3, 0.4) is 0 Å². The smallest absolute Gasteiger partial charge is 0.191 e. The first-order valence-electron chi connectivity index (χ1n) is 8.56. The summed E-state index contributed by atoms with van der Waals surface area (Å²) in [6, 6.07) is 9.07. The van der Waals surface area contributed by atoms with E-state index in [0.717, 1.165) is 49.3 Å². The number of halogens is 2. The Balaban J connectivity index is 0.00000243. The van der Waals surface area contributed by atoms with E-state index < -0.39 is 0 Å². The summed E-state index contributed by atoms with van der Waals surface area (Å²) in [5.74, 6) is 0.622. The van der Waals surface area contributed by atoms with Gasteiger partial charge < -0.3 is 15.6 Å². The minimum absolute atomic E-state index is 0. The lowest BCUT2D eigenvalue weighted by Crippen LogP contribution is -2.38. The molecule has 0 saturated carbocycles. The van der Waals surface area contributed by atoms with Gasteiger partial charge in [0.1, 0.15) is 5.82 Å². The second-order valence-corrected chi connectivity index (χ2v) is 6.80. The summed E-state index contributed by atoms with van der Waals surface area (Å²) < 4.78 is 13.3. The monoisotopic (exact) mass is 486 g/mol. The lowest BCUT2D eigenvalue weighted by molar-refractivity contribution is 0.629. The molecule has 0 atom stereocenters. The third-order valence-corrected chi connectivity index (χ3v) is 4.90. The van der Waals surface area contributed by atoms with Gasteiger partial charge in [0, 0.05) is 48.0 Å². The van der Waals surface area contributed by atoms with Gasteiger partial charge in [0.05, 0.1) is 0 Å². The molecule has 0 aliphatic carbocycles. The Kier molecular flexibility index (Phi) is 8.37. The number of nitrogens with one attached hydrogen (secondary N) is 3. The van der Waals surface area contributed by atoms with Gasteiger partial charge >= 0.3 is 0 Å². The van der Waals surface area contributed by atoms with Crippen LogP contribution in [0, 0.1) is 5.82 Å². The molecule has 0 aliphatic rings. The van der Waals surface area contributed by atoms with Gasteiger partial charge in [-0.3, -0.25) is 4.99 Å². The molecule has 140 valence electrons. The highest BCUT2D eigenvalue weighted by molar-refractivity contribution is 14.0. The van der Waals surface area contributed by atoms with Crippen LogP contribution >= 0.6 is 35.3 Å². The van der Waals surface area contributed by atoms with Crippen molar-refractivity contribution < 1.29 is 4.39 Å². The molecule has 0 saturated heterocycles. The lowest BCUT2D eigenvalue weighted by Gasteiger charge is -2.11. The topological polar surface area (TPSA) is 52.2 Å². The Morgan fingerprint density at radius 2 is 2.12 bits per heavy atom. The standard InChI is InChI=1S/C19H23FN4S.HI/c1-2-21-19(23-10-8-16-4-3-11-25-16)22-9-7-14-13-24-18-12-15(20)5-6-17(14)18;/h3-6,11-13,24H,2,7-10H2,1H3,(H2,21,22,23);1H. The maximum atomic E-state index is 13.3. The highest BCUT2D eigenvalue weighted by Crippen LogP contribution is 2.19. The van der Waals surface area contributed by atoms with Gasteiger partial charge in [-0.1, -0.05) is 6.07 Å². The highest BCUT2D eigenvalue weighted by Gasteiger charge is 2.05. The number of rotatable bonds is 7. The van der Waals surface area contributed by atoms with Crippen molar-refractivity contribution in [1.29, 1.82) is 0 Å². The van der Waals surface area contributed by atoms with Gasteiger partial charge in [0.15, 0.2) is 5.96 Å². The van der Waals surface area contributed by atoms with Gasteiger partial charge in [-0.05, 0) is 48.6 Å². The molecule has 4 nitrogen and oxygen atoms in total. The molecule has 3 rings (SSSR count). The van der Waals surface area contributed by atoms with Crippen LogP contribution in [0.4, 0.5) is 4.39 Å². The van der Waals surface area contributed by atoms with E-state index in [-0.39, 0.29) is 29.8 Å². The van der Waals surface area contributed by atoms with Gasteiger partial charge in [0.25, 0.3) is 0 Å². The lowest BCUT2D eigenvalue weighted by atomic mass is 10.1. The Hall–Kier alpha value is -1.61. The molecule has 3 N–H and O–H groups in total. The van der Waals surface area contributed by atoms with Crippen LogP contribution in [0.2, 0.25) is 0 Å². The van der Waals surface area contributed by atoms with Crippen molar-refractivity contribution in [3.05, 3.63) is 58.2 Å². The molecular weight excluding hydrogens is 462 g/mol. The average Bonchev–Trinajstić information content (AvgIpc) is 3.24. The molecule has 2 heterocycles. The van der Waals surface area contributed by atoms with Crippen LogP contribution < -0.4 is 10.6 Å². The molecule has 26 heavy (non-hydrogen) atoms. The number of aromatic nitrogens is 1. The van der Waals surface area contributed by atoms with E-state index in [4.69, 9.17) is 0 Å². The van der Waals surface area contributed by atoms with E-state index in [1.807, 2.05) is 12.3 Å². The van der Waals surface area contributed by atoms with E-state index >= 15 is 0 Å². The van der Waals surface area contributed by atoms with Crippen molar-refractivity contribution in [3.8, 4) is 0 Å². The zero-order valence-corrected chi connectivity index (χ0v) is 17.9. The van der Waals surface area contributed by atoms with Crippen LogP contribution in [0.15, 0.2) is 46.9 Å². The van der Waals surface area contributed by atoms with E-state index in [2.05, 4.69) is 45.0 Å². The molecular formula is C19H24FIN4S. The van der Waals surface area contributed by atoms with Crippen molar-refractivity contribution in [2.24, 2.45) is 4.99 Å². The van der Waals surface area contributed by atoms with E-state index in [1.165, 1.54) is 22.6 Å². The minimum atomic E-state index is -0.216. The number of aliphatic imine (C=N–C) groups is 1. The minimum Gasteiger partial charge on any atom is -0.361 e. The van der Waals surface area contributed by atoms with Gasteiger partial charge in [0.2, 0.25) is 0 Å².